The first-order valence-corrected chi connectivity index (χ1v) is 9.71. The molecule has 0 saturated carbocycles. The summed E-state index contributed by atoms with van der Waals surface area (Å²) in [5.41, 5.74) is 0.0472. The second-order valence-corrected chi connectivity index (χ2v) is 7.40. The maximum Gasteiger partial charge on any atom is 0.416 e. The molecule has 1 aliphatic rings. The summed E-state index contributed by atoms with van der Waals surface area (Å²) < 4.78 is 54.0. The number of amides is 2. The van der Waals surface area contributed by atoms with Crippen LogP contribution < -0.4 is 14.2 Å². The minimum atomic E-state index is -4.46. The highest BCUT2D eigenvalue weighted by atomic mass is 32.2. The van der Waals surface area contributed by atoms with Crippen LogP contribution in [-0.2, 0) is 17.5 Å². The Morgan fingerprint density at radius 3 is 2.03 bits per heavy atom. The number of alkyl halides is 3. The average Bonchev–Trinajstić information content (AvgIpc) is 3.00. The predicted octanol–water partition coefficient (Wildman–Crippen LogP) is 4.97. The summed E-state index contributed by atoms with van der Waals surface area (Å²) in [6.07, 6.45) is -2.98. The van der Waals surface area contributed by atoms with Crippen LogP contribution in [0, 0.1) is 0 Å². The van der Waals surface area contributed by atoms with Crippen molar-refractivity contribution < 1.29 is 37.0 Å². The number of carbonyl (C=O) groups is 2. The summed E-state index contributed by atoms with van der Waals surface area (Å²) in [7, 11) is 4.38. The minimum Gasteiger partial charge on any atom is -0.496 e. The molecule has 1 fully saturated rings. The molecule has 2 amide bonds. The molecule has 3 rings (SSSR count). The summed E-state index contributed by atoms with van der Waals surface area (Å²) in [5.74, 6) is 0.688. The number of imide groups is 1. The first-order chi connectivity index (χ1) is 14.7. The Balaban J connectivity index is 1.87. The van der Waals surface area contributed by atoms with E-state index in [1.165, 1.54) is 39.5 Å². The molecule has 2 aromatic carbocycles. The first-order valence-electron chi connectivity index (χ1n) is 8.89. The fourth-order valence-electron chi connectivity index (χ4n) is 2.92. The summed E-state index contributed by atoms with van der Waals surface area (Å²) in [4.78, 5) is 26.3. The number of rotatable bonds is 6. The van der Waals surface area contributed by atoms with E-state index in [1.807, 2.05) is 0 Å². The molecule has 1 heterocycles. The fourth-order valence-corrected chi connectivity index (χ4v) is 3.74. The molecule has 0 radical (unpaired) electrons. The first kappa shape index (κ1) is 22.5. The third-order valence-electron chi connectivity index (χ3n) is 4.52. The number of thioether (sulfide) groups is 1. The zero-order chi connectivity index (χ0) is 22.8. The van der Waals surface area contributed by atoms with Crippen LogP contribution in [0.25, 0.3) is 6.08 Å². The Kier molecular flexibility index (Phi) is 6.49. The van der Waals surface area contributed by atoms with Crippen LogP contribution >= 0.6 is 11.8 Å². The van der Waals surface area contributed by atoms with Gasteiger partial charge in [-0.3, -0.25) is 14.5 Å². The van der Waals surface area contributed by atoms with Crippen LogP contribution in [0.5, 0.6) is 17.2 Å². The van der Waals surface area contributed by atoms with Gasteiger partial charge in [-0.2, -0.15) is 13.2 Å². The molecular weight excluding hydrogens is 435 g/mol. The highest BCUT2D eigenvalue weighted by molar-refractivity contribution is 8.18. The van der Waals surface area contributed by atoms with Gasteiger partial charge in [0, 0.05) is 12.1 Å². The van der Waals surface area contributed by atoms with E-state index >= 15 is 0 Å². The normalized spacial score (nSPS) is 15.5. The van der Waals surface area contributed by atoms with E-state index < -0.39 is 22.9 Å². The zero-order valence-electron chi connectivity index (χ0n) is 16.8. The van der Waals surface area contributed by atoms with Gasteiger partial charge in [-0.15, -0.1) is 0 Å². The Hall–Kier alpha value is -3.14. The van der Waals surface area contributed by atoms with E-state index in [0.717, 1.165) is 28.8 Å². The van der Waals surface area contributed by atoms with Crippen LogP contribution in [0.1, 0.15) is 16.7 Å². The van der Waals surface area contributed by atoms with E-state index in [2.05, 4.69) is 0 Å². The van der Waals surface area contributed by atoms with Crippen molar-refractivity contribution in [3.8, 4) is 17.2 Å². The molecule has 0 atom stereocenters. The number of nitrogens with zero attached hydrogens (tertiary/aromatic N) is 1. The van der Waals surface area contributed by atoms with Crippen molar-refractivity contribution in [1.82, 2.24) is 4.90 Å². The number of ether oxygens (including phenoxy) is 3. The number of methoxy groups -OCH3 is 3. The lowest BCUT2D eigenvalue weighted by Crippen LogP contribution is -2.27. The monoisotopic (exact) mass is 453 g/mol. The highest BCUT2D eigenvalue weighted by Gasteiger charge is 2.36. The molecule has 0 spiro atoms. The number of benzene rings is 2. The molecule has 0 unspecified atom stereocenters. The largest absolute Gasteiger partial charge is 0.496 e. The Morgan fingerprint density at radius 2 is 1.55 bits per heavy atom. The summed E-state index contributed by atoms with van der Waals surface area (Å²) in [5, 5.41) is -0.525. The molecule has 31 heavy (non-hydrogen) atoms. The molecule has 6 nitrogen and oxygen atoms in total. The Bertz CT molecular complexity index is 1010. The third-order valence-corrected chi connectivity index (χ3v) is 5.43. The van der Waals surface area contributed by atoms with E-state index in [4.69, 9.17) is 14.2 Å². The van der Waals surface area contributed by atoms with Gasteiger partial charge in [0.2, 0.25) is 0 Å². The molecule has 0 bridgehead atoms. The molecule has 0 aliphatic carbocycles. The standard InChI is InChI=1S/C21H18F3NO5S/c1-28-14-8-16(29-2)15(17(9-14)30-3)10-18-19(26)25(20(27)31-18)11-12-4-6-13(7-5-12)21(22,23)24/h4-10H,11H2,1-3H3. The summed E-state index contributed by atoms with van der Waals surface area (Å²) in [6.45, 7) is -0.142. The van der Waals surface area contributed by atoms with Crippen LogP contribution in [-0.4, -0.2) is 37.4 Å². The van der Waals surface area contributed by atoms with E-state index in [1.54, 1.807) is 12.1 Å². The van der Waals surface area contributed by atoms with Crippen molar-refractivity contribution in [2.24, 2.45) is 0 Å². The molecule has 0 aromatic heterocycles. The number of hydrogen-bond donors (Lipinski definition) is 0. The van der Waals surface area contributed by atoms with Gasteiger partial charge in [0.05, 0.1) is 43.9 Å². The van der Waals surface area contributed by atoms with Crippen molar-refractivity contribution in [3.63, 3.8) is 0 Å². The second-order valence-electron chi connectivity index (χ2n) is 6.41. The average molecular weight is 453 g/mol. The zero-order valence-corrected chi connectivity index (χ0v) is 17.6. The van der Waals surface area contributed by atoms with E-state index in [-0.39, 0.29) is 11.4 Å². The fraction of sp³-hybridized carbons (Fsp3) is 0.238. The third kappa shape index (κ3) is 4.79. The van der Waals surface area contributed by atoms with Crippen molar-refractivity contribution >= 4 is 29.0 Å². The quantitative estimate of drug-likeness (QED) is 0.576. The van der Waals surface area contributed by atoms with Crippen molar-refractivity contribution in [1.29, 1.82) is 0 Å². The van der Waals surface area contributed by atoms with E-state index in [9.17, 15) is 22.8 Å². The minimum absolute atomic E-state index is 0.138. The van der Waals surface area contributed by atoms with Crippen LogP contribution in [0.2, 0.25) is 0 Å². The maximum absolute atomic E-state index is 12.8. The van der Waals surface area contributed by atoms with Gasteiger partial charge in [0.25, 0.3) is 11.1 Å². The number of hydrogen-bond acceptors (Lipinski definition) is 6. The van der Waals surface area contributed by atoms with Crippen LogP contribution in [0.3, 0.4) is 0 Å². The molecule has 1 aliphatic heterocycles. The van der Waals surface area contributed by atoms with Gasteiger partial charge in [-0.1, -0.05) is 12.1 Å². The van der Waals surface area contributed by atoms with Gasteiger partial charge >= 0.3 is 6.18 Å². The van der Waals surface area contributed by atoms with Gasteiger partial charge in [-0.05, 0) is 35.5 Å². The van der Waals surface area contributed by atoms with Gasteiger partial charge in [0.1, 0.15) is 17.2 Å². The van der Waals surface area contributed by atoms with Crippen LogP contribution in [0.15, 0.2) is 41.3 Å². The second kappa shape index (κ2) is 8.93. The lowest BCUT2D eigenvalue weighted by Gasteiger charge is -2.14. The van der Waals surface area contributed by atoms with Gasteiger partial charge in [0.15, 0.2) is 0 Å². The van der Waals surface area contributed by atoms with E-state index in [0.29, 0.717) is 28.4 Å². The highest BCUT2D eigenvalue weighted by Crippen LogP contribution is 2.40. The smallest absolute Gasteiger partial charge is 0.416 e. The SMILES string of the molecule is COc1cc(OC)c(C=C2SC(=O)N(Cc3ccc(C(F)(F)F)cc3)C2=O)c(OC)c1. The maximum atomic E-state index is 12.8. The number of halogens is 3. The molecule has 10 heteroatoms. The lowest BCUT2D eigenvalue weighted by atomic mass is 10.1. The Morgan fingerprint density at radius 1 is 0.968 bits per heavy atom. The molecule has 2 aromatic rings. The summed E-state index contributed by atoms with van der Waals surface area (Å²) >= 11 is 0.728. The van der Waals surface area contributed by atoms with Crippen molar-refractivity contribution in [2.75, 3.05) is 21.3 Å². The molecular formula is C21H18F3NO5S. The van der Waals surface area contributed by atoms with Crippen molar-refractivity contribution in [3.05, 3.63) is 58.0 Å². The predicted molar refractivity (Wildman–Crippen MR) is 109 cm³/mol. The van der Waals surface area contributed by atoms with Crippen LogP contribution in [0.4, 0.5) is 18.0 Å². The van der Waals surface area contributed by atoms with Gasteiger partial charge in [-0.25, -0.2) is 0 Å². The van der Waals surface area contributed by atoms with Gasteiger partial charge < -0.3 is 14.2 Å². The summed E-state index contributed by atoms with van der Waals surface area (Å²) in [6, 6.07) is 7.53. The topological polar surface area (TPSA) is 65.1 Å². The van der Waals surface area contributed by atoms with Crippen molar-refractivity contribution in [2.45, 2.75) is 12.7 Å². The Labute approximate surface area is 180 Å². The number of carbonyl (C=O) groups excluding carboxylic acids is 2. The molecule has 0 N–H and O–H groups in total. The molecule has 164 valence electrons. The lowest BCUT2D eigenvalue weighted by molar-refractivity contribution is -0.137. The molecule has 1 saturated heterocycles.